The van der Waals surface area contributed by atoms with Crippen LogP contribution in [0.3, 0.4) is 0 Å². The first-order valence-corrected chi connectivity index (χ1v) is 20.0. The molecule has 1 heterocycles. The van der Waals surface area contributed by atoms with Gasteiger partial charge in [0, 0.05) is 0 Å². The van der Waals surface area contributed by atoms with Gasteiger partial charge in [0.2, 0.25) is 0 Å². The van der Waals surface area contributed by atoms with Crippen LogP contribution < -0.4 is 0 Å². The molecular formula is C52H30Se. The first kappa shape index (κ1) is 29.3. The predicted molar refractivity (Wildman–Crippen MR) is 232 cm³/mol. The van der Waals surface area contributed by atoms with Gasteiger partial charge in [0.1, 0.15) is 0 Å². The molecule has 0 saturated heterocycles. The Balaban J connectivity index is 1.14. The molecule has 0 atom stereocenters. The molecule has 0 bridgehead atoms. The monoisotopic (exact) mass is 734 g/mol. The quantitative estimate of drug-likeness (QED) is 0.0943. The second-order valence-electron chi connectivity index (χ2n) is 14.4. The van der Waals surface area contributed by atoms with Crippen molar-refractivity contribution in [2.75, 3.05) is 0 Å². The molecule has 53 heavy (non-hydrogen) atoms. The van der Waals surface area contributed by atoms with Crippen molar-refractivity contribution in [2.24, 2.45) is 0 Å². The molecule has 0 aliphatic rings. The molecular weight excluding hydrogens is 704 g/mol. The predicted octanol–water partition coefficient (Wildman–Crippen LogP) is 14.5. The molecule has 12 rings (SSSR count). The van der Waals surface area contributed by atoms with Gasteiger partial charge in [-0.2, -0.15) is 0 Å². The van der Waals surface area contributed by atoms with Crippen molar-refractivity contribution >= 4 is 109 Å². The summed E-state index contributed by atoms with van der Waals surface area (Å²) in [5, 5.41) is 21.0. The van der Waals surface area contributed by atoms with Crippen LogP contribution in [0.4, 0.5) is 0 Å². The topological polar surface area (TPSA) is 0 Å². The second kappa shape index (κ2) is 11.1. The van der Waals surface area contributed by atoms with E-state index < -0.39 is 0 Å². The number of rotatable bonds is 2. The number of benzene rings is 11. The molecule has 0 aliphatic carbocycles. The molecule has 0 aliphatic heterocycles. The van der Waals surface area contributed by atoms with E-state index in [1.807, 2.05) is 0 Å². The minimum atomic E-state index is 0.316. The zero-order chi connectivity index (χ0) is 34.6. The molecule has 0 saturated carbocycles. The van der Waals surface area contributed by atoms with Crippen molar-refractivity contribution < 1.29 is 0 Å². The minimum Gasteiger partial charge on any atom is -0.0537 e. The third-order valence-electron chi connectivity index (χ3n) is 11.6. The van der Waals surface area contributed by atoms with E-state index >= 15 is 0 Å². The van der Waals surface area contributed by atoms with Gasteiger partial charge in [-0.05, 0) is 27.6 Å². The van der Waals surface area contributed by atoms with E-state index in [9.17, 15) is 0 Å². The van der Waals surface area contributed by atoms with Crippen LogP contribution in [0, 0.1) is 0 Å². The fraction of sp³-hybridized carbons (Fsp3) is 0. The molecule has 1 heteroatoms. The van der Waals surface area contributed by atoms with Crippen LogP contribution in [0.5, 0.6) is 0 Å². The molecule has 0 radical (unpaired) electrons. The Morgan fingerprint density at radius 2 is 0.679 bits per heavy atom. The summed E-state index contributed by atoms with van der Waals surface area (Å²) < 4.78 is 2.97. The van der Waals surface area contributed by atoms with Crippen molar-refractivity contribution in [3.63, 3.8) is 0 Å². The molecule has 12 aromatic rings. The van der Waals surface area contributed by atoms with Crippen LogP contribution in [0.15, 0.2) is 182 Å². The van der Waals surface area contributed by atoms with E-state index in [0.717, 1.165) is 0 Å². The van der Waals surface area contributed by atoms with Gasteiger partial charge in [0.15, 0.2) is 0 Å². The van der Waals surface area contributed by atoms with Gasteiger partial charge < -0.3 is 0 Å². The van der Waals surface area contributed by atoms with E-state index in [4.69, 9.17) is 0 Å². The van der Waals surface area contributed by atoms with Crippen molar-refractivity contribution in [2.45, 2.75) is 0 Å². The summed E-state index contributed by atoms with van der Waals surface area (Å²) in [4.78, 5) is 0. The van der Waals surface area contributed by atoms with E-state index in [1.54, 1.807) is 0 Å². The molecule has 1 aromatic heterocycles. The summed E-state index contributed by atoms with van der Waals surface area (Å²) in [6.07, 6.45) is 0. The van der Waals surface area contributed by atoms with Crippen LogP contribution >= 0.6 is 0 Å². The Morgan fingerprint density at radius 3 is 1.36 bits per heavy atom. The van der Waals surface area contributed by atoms with Gasteiger partial charge in [-0.3, -0.25) is 0 Å². The van der Waals surface area contributed by atoms with Gasteiger partial charge >= 0.3 is 237 Å². The maximum atomic E-state index is 2.51. The zero-order valence-electron chi connectivity index (χ0n) is 28.7. The third kappa shape index (κ3) is 4.24. The zero-order valence-corrected chi connectivity index (χ0v) is 30.4. The molecule has 0 spiro atoms. The van der Waals surface area contributed by atoms with Gasteiger partial charge in [0.25, 0.3) is 0 Å². The van der Waals surface area contributed by atoms with E-state index in [0.29, 0.717) is 14.5 Å². The average molecular weight is 734 g/mol. The summed E-state index contributed by atoms with van der Waals surface area (Å²) in [5.74, 6) is 0. The van der Waals surface area contributed by atoms with Gasteiger partial charge in [0.05, 0.1) is 0 Å². The van der Waals surface area contributed by atoms with E-state index in [1.165, 1.54) is 117 Å². The molecule has 0 fully saturated rings. The Hall–Kier alpha value is -6.24. The standard InChI is InChI=1S/C52H30Se/c1-2-12-35-31(11-1)21-22-32-27-33(23-25-36(32)35)51-41-16-5-7-18-43(41)52(44-19-8-6-17-42(44)51)34-24-26-39-45(28-34)37-13-3-4-14-38(37)46-29-48-40-15-9-10-20-49(40)53-50(48)30-47(39)46/h1-30H. The molecule has 0 amide bonds. The number of fused-ring (bicyclic) bond motifs is 14. The number of hydrogen-bond donors (Lipinski definition) is 0. The van der Waals surface area contributed by atoms with Gasteiger partial charge in [-0.15, -0.1) is 0 Å². The van der Waals surface area contributed by atoms with Crippen LogP contribution in [0.2, 0.25) is 0 Å². The van der Waals surface area contributed by atoms with Crippen molar-refractivity contribution in [1.29, 1.82) is 0 Å². The molecule has 0 nitrogen and oxygen atoms in total. The summed E-state index contributed by atoms with van der Waals surface area (Å²) >= 11 is 0.316. The Kier molecular flexibility index (Phi) is 6.16. The largest absolute Gasteiger partial charge is 0.0537 e. The Bertz CT molecular complexity index is 3450. The first-order valence-electron chi connectivity index (χ1n) is 18.3. The SMILES string of the molecule is c1ccc2c(c1)ccc1cc(-c3c4ccccc4c(-c4ccc5c(c4)c4ccccc4c4cc6c(cc54)[se]c4ccccc46)c4ccccc34)ccc12. The third-order valence-corrected chi connectivity index (χ3v) is 14.0. The second-order valence-corrected chi connectivity index (χ2v) is 16.6. The van der Waals surface area contributed by atoms with Crippen LogP contribution in [-0.2, 0) is 0 Å². The fourth-order valence-corrected chi connectivity index (χ4v) is 11.6. The summed E-state index contributed by atoms with van der Waals surface area (Å²) in [7, 11) is 0. The average Bonchev–Trinajstić information content (AvgIpc) is 3.59. The Morgan fingerprint density at radius 1 is 0.226 bits per heavy atom. The molecule has 0 unspecified atom stereocenters. The minimum absolute atomic E-state index is 0.316. The summed E-state index contributed by atoms with van der Waals surface area (Å²) in [6, 6.07) is 68.5. The maximum Gasteiger partial charge on any atom is -0.0105 e. The van der Waals surface area contributed by atoms with E-state index in [2.05, 4.69) is 182 Å². The maximum absolute atomic E-state index is 2.51. The Labute approximate surface area is 311 Å². The summed E-state index contributed by atoms with van der Waals surface area (Å²) in [6.45, 7) is 0. The van der Waals surface area contributed by atoms with Crippen LogP contribution in [-0.4, -0.2) is 14.5 Å². The summed E-state index contributed by atoms with van der Waals surface area (Å²) in [5.41, 5.74) is 5.09. The number of hydrogen-bond acceptors (Lipinski definition) is 0. The first-order chi connectivity index (χ1) is 26.3. The normalized spacial score (nSPS) is 12.2. The van der Waals surface area contributed by atoms with Crippen LogP contribution in [0.25, 0.3) is 117 Å². The van der Waals surface area contributed by atoms with Gasteiger partial charge in [-0.25, -0.2) is 0 Å². The molecule has 244 valence electrons. The van der Waals surface area contributed by atoms with Crippen LogP contribution in [0.1, 0.15) is 0 Å². The van der Waals surface area contributed by atoms with Crippen molar-refractivity contribution in [3.8, 4) is 22.3 Å². The van der Waals surface area contributed by atoms with E-state index in [-0.39, 0.29) is 0 Å². The smallest absolute Gasteiger partial charge is 0.0105 e. The molecule has 11 aromatic carbocycles. The van der Waals surface area contributed by atoms with Gasteiger partial charge in [-0.1, -0.05) is 48.5 Å². The molecule has 0 N–H and O–H groups in total. The van der Waals surface area contributed by atoms with Crippen molar-refractivity contribution in [1.82, 2.24) is 0 Å². The fourth-order valence-electron chi connectivity index (χ4n) is 9.25. The van der Waals surface area contributed by atoms with Crippen molar-refractivity contribution in [3.05, 3.63) is 182 Å².